The number of hydrogen-bond acceptors (Lipinski definition) is 3. The Labute approximate surface area is 151 Å². The molecule has 5 rings (SSSR count). The Balaban J connectivity index is 1.38. The second kappa shape index (κ2) is 7.48. The highest BCUT2D eigenvalue weighted by Crippen LogP contribution is 2.33. The summed E-state index contributed by atoms with van der Waals surface area (Å²) < 4.78 is 0. The zero-order valence-electron chi connectivity index (χ0n) is 15.5. The van der Waals surface area contributed by atoms with E-state index >= 15 is 0 Å². The molecule has 5 heteroatoms. The van der Waals surface area contributed by atoms with Crippen molar-refractivity contribution in [1.82, 2.24) is 19.8 Å². The molecule has 0 spiro atoms. The Hall–Kier alpha value is -1.36. The summed E-state index contributed by atoms with van der Waals surface area (Å²) in [5, 5.41) is 0. The molecule has 1 amide bonds. The van der Waals surface area contributed by atoms with Crippen LogP contribution in [0.2, 0.25) is 0 Å². The van der Waals surface area contributed by atoms with Gasteiger partial charge in [-0.2, -0.15) is 0 Å². The second-order valence-electron chi connectivity index (χ2n) is 8.36. The number of aromatic amines is 1. The average Bonchev–Trinajstić information content (AvgIpc) is 2.80. The van der Waals surface area contributed by atoms with Crippen LogP contribution < -0.4 is 0 Å². The van der Waals surface area contributed by atoms with Crippen LogP contribution in [0.25, 0.3) is 0 Å². The number of imidazole rings is 1. The van der Waals surface area contributed by atoms with E-state index in [4.69, 9.17) is 0 Å². The zero-order chi connectivity index (χ0) is 17.2. The summed E-state index contributed by atoms with van der Waals surface area (Å²) >= 11 is 0. The summed E-state index contributed by atoms with van der Waals surface area (Å²) in [6, 6.07) is 0.519. The summed E-state index contributed by atoms with van der Waals surface area (Å²) in [4.78, 5) is 25.6. The van der Waals surface area contributed by atoms with Crippen molar-refractivity contribution in [2.45, 2.75) is 70.9 Å². The summed E-state index contributed by atoms with van der Waals surface area (Å²) in [7, 11) is 0. The minimum absolute atomic E-state index is 0.333. The lowest BCUT2D eigenvalue weighted by atomic mass is 9.84. The Morgan fingerprint density at radius 3 is 2.88 bits per heavy atom. The Morgan fingerprint density at radius 1 is 1.24 bits per heavy atom. The monoisotopic (exact) mass is 344 g/mol. The molecular formula is C20H32N4O. The van der Waals surface area contributed by atoms with E-state index in [1.54, 1.807) is 0 Å². The van der Waals surface area contributed by atoms with E-state index in [0.29, 0.717) is 23.8 Å². The van der Waals surface area contributed by atoms with Gasteiger partial charge in [0.2, 0.25) is 5.91 Å². The van der Waals surface area contributed by atoms with E-state index in [2.05, 4.69) is 26.7 Å². The van der Waals surface area contributed by atoms with E-state index in [0.717, 1.165) is 51.3 Å². The Morgan fingerprint density at radius 2 is 2.12 bits per heavy atom. The second-order valence-corrected chi connectivity index (χ2v) is 8.36. The standard InChI is InChI=1S/C20H32N4O/c1-2-3-7-19-21-10-17(22-19)13-23-11-15-8-9-18(23)14-24(12-15)20(25)16-5-4-6-16/h10,15-16,18H,2-9,11-14H2,1H3,(H,21,22)/t15-,18-/m0/s1. The Kier molecular flexibility index (Phi) is 5.11. The van der Waals surface area contributed by atoms with Gasteiger partial charge in [0.1, 0.15) is 5.82 Å². The molecule has 1 saturated carbocycles. The predicted octanol–water partition coefficient (Wildman–Crippen LogP) is 2.98. The lowest BCUT2D eigenvalue weighted by molar-refractivity contribution is -0.138. The van der Waals surface area contributed by atoms with Gasteiger partial charge in [-0.15, -0.1) is 0 Å². The number of carbonyl (C=O) groups excluding carboxylic acids is 1. The average molecular weight is 345 g/mol. The van der Waals surface area contributed by atoms with Crippen LogP contribution >= 0.6 is 0 Å². The van der Waals surface area contributed by atoms with E-state index in [1.807, 2.05) is 6.20 Å². The molecule has 5 nitrogen and oxygen atoms in total. The van der Waals surface area contributed by atoms with Crippen molar-refractivity contribution >= 4 is 5.91 Å². The number of amides is 1. The largest absolute Gasteiger partial charge is 0.345 e. The van der Waals surface area contributed by atoms with E-state index in [-0.39, 0.29) is 0 Å². The highest BCUT2D eigenvalue weighted by molar-refractivity contribution is 5.79. The molecule has 1 aliphatic carbocycles. The van der Waals surface area contributed by atoms with Gasteiger partial charge in [0.15, 0.2) is 0 Å². The maximum Gasteiger partial charge on any atom is 0.225 e. The number of hydrogen-bond donors (Lipinski definition) is 1. The fraction of sp³-hybridized carbons (Fsp3) is 0.800. The van der Waals surface area contributed by atoms with Crippen LogP contribution in [0.1, 0.15) is 63.4 Å². The summed E-state index contributed by atoms with van der Waals surface area (Å²) in [6.07, 6.45) is 11.4. The van der Waals surface area contributed by atoms with Gasteiger partial charge in [-0.05, 0) is 38.0 Å². The molecule has 1 aromatic rings. The van der Waals surface area contributed by atoms with E-state index in [9.17, 15) is 4.79 Å². The number of aromatic nitrogens is 2. The van der Waals surface area contributed by atoms with Gasteiger partial charge >= 0.3 is 0 Å². The van der Waals surface area contributed by atoms with Crippen molar-refractivity contribution in [2.75, 3.05) is 19.6 Å². The molecule has 4 fully saturated rings. The molecule has 2 bridgehead atoms. The first-order valence-electron chi connectivity index (χ1n) is 10.3. The van der Waals surface area contributed by atoms with Crippen LogP contribution in [-0.4, -0.2) is 51.4 Å². The molecule has 0 aromatic carbocycles. The highest BCUT2D eigenvalue weighted by Gasteiger charge is 2.39. The van der Waals surface area contributed by atoms with Crippen molar-refractivity contribution in [3.8, 4) is 0 Å². The van der Waals surface area contributed by atoms with Gasteiger partial charge in [0.05, 0.1) is 0 Å². The van der Waals surface area contributed by atoms with Crippen molar-refractivity contribution < 1.29 is 4.79 Å². The molecule has 0 radical (unpaired) electrons. The molecule has 4 heterocycles. The third-order valence-corrected chi connectivity index (χ3v) is 6.41. The maximum absolute atomic E-state index is 12.7. The molecular weight excluding hydrogens is 312 g/mol. The van der Waals surface area contributed by atoms with Gasteiger partial charge in [-0.1, -0.05) is 19.8 Å². The molecule has 3 aliphatic heterocycles. The van der Waals surface area contributed by atoms with E-state index in [1.165, 1.54) is 37.8 Å². The molecule has 25 heavy (non-hydrogen) atoms. The first-order chi connectivity index (χ1) is 12.2. The van der Waals surface area contributed by atoms with Gasteiger partial charge in [0, 0.05) is 56.5 Å². The first kappa shape index (κ1) is 17.1. The van der Waals surface area contributed by atoms with Crippen LogP contribution in [0.5, 0.6) is 0 Å². The summed E-state index contributed by atoms with van der Waals surface area (Å²) in [5.41, 5.74) is 1.23. The van der Waals surface area contributed by atoms with Crippen molar-refractivity contribution in [2.24, 2.45) is 11.8 Å². The van der Waals surface area contributed by atoms with Gasteiger partial charge < -0.3 is 9.88 Å². The fourth-order valence-electron chi connectivity index (χ4n) is 4.64. The van der Waals surface area contributed by atoms with Crippen LogP contribution in [0.15, 0.2) is 6.20 Å². The lowest BCUT2D eigenvalue weighted by Crippen LogP contribution is -2.45. The quantitative estimate of drug-likeness (QED) is 0.863. The first-order valence-corrected chi connectivity index (χ1v) is 10.3. The van der Waals surface area contributed by atoms with Crippen LogP contribution in [-0.2, 0) is 17.8 Å². The molecule has 0 unspecified atom stereocenters. The summed E-state index contributed by atoms with van der Waals surface area (Å²) in [6.45, 7) is 6.21. The van der Waals surface area contributed by atoms with Crippen molar-refractivity contribution in [1.29, 1.82) is 0 Å². The lowest BCUT2D eigenvalue weighted by Gasteiger charge is -2.35. The smallest absolute Gasteiger partial charge is 0.225 e. The normalized spacial score (nSPS) is 27.3. The molecule has 1 N–H and O–H groups in total. The molecule has 3 saturated heterocycles. The topological polar surface area (TPSA) is 52.2 Å². The number of unbranched alkanes of at least 4 members (excludes halogenated alkanes) is 1. The number of fused-ring (bicyclic) bond motifs is 4. The van der Waals surface area contributed by atoms with Gasteiger partial charge in [-0.3, -0.25) is 9.69 Å². The minimum Gasteiger partial charge on any atom is -0.345 e. The maximum atomic E-state index is 12.7. The molecule has 4 aliphatic rings. The fourth-order valence-corrected chi connectivity index (χ4v) is 4.64. The molecule has 2 atom stereocenters. The molecule has 1 aromatic heterocycles. The summed E-state index contributed by atoms with van der Waals surface area (Å²) in [5.74, 6) is 2.54. The Bertz CT molecular complexity index is 594. The third-order valence-electron chi connectivity index (χ3n) is 6.41. The third kappa shape index (κ3) is 3.76. The predicted molar refractivity (Wildman–Crippen MR) is 98.0 cm³/mol. The number of carbonyl (C=O) groups is 1. The van der Waals surface area contributed by atoms with Crippen molar-refractivity contribution in [3.63, 3.8) is 0 Å². The van der Waals surface area contributed by atoms with Crippen LogP contribution in [0.3, 0.4) is 0 Å². The number of H-pyrrole nitrogens is 1. The van der Waals surface area contributed by atoms with Crippen LogP contribution in [0.4, 0.5) is 0 Å². The SMILES string of the molecule is CCCCc1ncc(CN2C[C@@H]3CC[C@H]2CN(C(=O)C2CCC2)C3)[nH]1. The molecule has 138 valence electrons. The van der Waals surface area contributed by atoms with Gasteiger partial charge in [0.25, 0.3) is 0 Å². The number of nitrogens with zero attached hydrogens (tertiary/aromatic N) is 3. The number of nitrogens with one attached hydrogen (secondary N) is 1. The number of aryl methyl sites for hydroxylation is 1. The number of piperidine rings is 1. The van der Waals surface area contributed by atoms with Crippen molar-refractivity contribution in [3.05, 3.63) is 17.7 Å². The van der Waals surface area contributed by atoms with E-state index < -0.39 is 0 Å². The van der Waals surface area contributed by atoms with Crippen LogP contribution in [0, 0.1) is 11.8 Å². The number of rotatable bonds is 6. The van der Waals surface area contributed by atoms with Gasteiger partial charge in [-0.25, -0.2) is 4.98 Å². The minimum atomic E-state index is 0.333. The zero-order valence-corrected chi connectivity index (χ0v) is 15.5. The highest BCUT2D eigenvalue weighted by atomic mass is 16.2.